The number of halogens is 3. The lowest BCUT2D eigenvalue weighted by Gasteiger charge is -2.24. The molecule has 0 heterocycles. The van der Waals surface area contributed by atoms with E-state index in [0.717, 1.165) is 0 Å². The molecular formula is C14H20ClF2NO5. The third-order valence-electron chi connectivity index (χ3n) is 3.01. The van der Waals surface area contributed by atoms with Gasteiger partial charge in [-0.05, 0) is 19.1 Å². The van der Waals surface area contributed by atoms with E-state index in [4.69, 9.17) is 19.9 Å². The summed E-state index contributed by atoms with van der Waals surface area (Å²) in [5.41, 5.74) is 5.47. The number of nitrogens with two attached hydrogens (primary N) is 1. The summed E-state index contributed by atoms with van der Waals surface area (Å²) < 4.78 is 47.8. The average Bonchev–Trinajstić information content (AvgIpc) is 2.52. The van der Waals surface area contributed by atoms with Gasteiger partial charge in [0.15, 0.2) is 11.5 Å². The van der Waals surface area contributed by atoms with E-state index >= 15 is 0 Å². The number of methoxy groups -OCH3 is 3. The van der Waals surface area contributed by atoms with E-state index in [-0.39, 0.29) is 41.8 Å². The van der Waals surface area contributed by atoms with Crippen LogP contribution in [0.3, 0.4) is 0 Å². The van der Waals surface area contributed by atoms with Gasteiger partial charge in [-0.3, -0.25) is 0 Å². The van der Waals surface area contributed by atoms with Crippen LogP contribution in [-0.2, 0) is 9.53 Å². The van der Waals surface area contributed by atoms with Crippen LogP contribution in [0.15, 0.2) is 12.1 Å². The second-order valence-corrected chi connectivity index (χ2v) is 4.24. The number of benzene rings is 1. The van der Waals surface area contributed by atoms with Crippen molar-refractivity contribution in [1.29, 1.82) is 0 Å². The van der Waals surface area contributed by atoms with Gasteiger partial charge in [0, 0.05) is 5.56 Å². The summed E-state index contributed by atoms with van der Waals surface area (Å²) in [6, 6.07) is 0.733. The normalized spacial score (nSPS) is 12.0. The molecule has 0 aliphatic carbocycles. The van der Waals surface area contributed by atoms with Gasteiger partial charge in [-0.2, -0.15) is 8.78 Å². The van der Waals surface area contributed by atoms with Crippen LogP contribution in [0.5, 0.6) is 17.2 Å². The molecular weight excluding hydrogens is 336 g/mol. The lowest BCUT2D eigenvalue weighted by Crippen LogP contribution is -2.41. The Kier molecular flexibility index (Phi) is 8.05. The highest BCUT2D eigenvalue weighted by Crippen LogP contribution is 2.44. The summed E-state index contributed by atoms with van der Waals surface area (Å²) in [6.07, 6.45) is 0. The molecule has 0 aliphatic rings. The fraction of sp³-hybridized carbons (Fsp3) is 0.500. The number of hydrogen-bond acceptors (Lipinski definition) is 6. The predicted molar refractivity (Wildman–Crippen MR) is 81.9 cm³/mol. The Hall–Kier alpha value is -1.80. The third-order valence-corrected chi connectivity index (χ3v) is 3.01. The van der Waals surface area contributed by atoms with Crippen molar-refractivity contribution in [2.45, 2.75) is 18.9 Å². The quantitative estimate of drug-likeness (QED) is 0.756. The van der Waals surface area contributed by atoms with E-state index in [9.17, 15) is 13.6 Å². The van der Waals surface area contributed by atoms with Crippen molar-refractivity contribution in [2.24, 2.45) is 5.73 Å². The van der Waals surface area contributed by atoms with E-state index in [1.54, 1.807) is 0 Å². The molecule has 0 radical (unpaired) electrons. The standard InChI is InChI=1S/C14H19F2NO5.ClH/c1-5-22-13(18)14(15,16)12(17)8-6-7-9(19-2)11(21-4)10(8)20-3;/h6-7,12H,5,17H2,1-4H3;1H/t12-;/m1./s1. The maximum Gasteiger partial charge on any atom is 0.379 e. The number of carbonyl (C=O) groups is 1. The van der Waals surface area contributed by atoms with Crippen molar-refractivity contribution in [3.63, 3.8) is 0 Å². The first-order chi connectivity index (χ1) is 10.3. The molecule has 0 aliphatic heterocycles. The van der Waals surface area contributed by atoms with Gasteiger partial charge in [-0.25, -0.2) is 4.79 Å². The minimum atomic E-state index is -3.91. The van der Waals surface area contributed by atoms with Crippen molar-refractivity contribution >= 4 is 18.4 Å². The van der Waals surface area contributed by atoms with Gasteiger partial charge in [0.25, 0.3) is 0 Å². The molecule has 0 fully saturated rings. The van der Waals surface area contributed by atoms with Crippen molar-refractivity contribution in [3.8, 4) is 17.2 Å². The predicted octanol–water partition coefficient (Wildman–Crippen LogP) is 2.33. The third kappa shape index (κ3) is 4.14. The van der Waals surface area contributed by atoms with Gasteiger partial charge in [0.2, 0.25) is 5.75 Å². The first kappa shape index (κ1) is 21.2. The van der Waals surface area contributed by atoms with Crippen LogP contribution < -0.4 is 19.9 Å². The Morgan fingerprint density at radius 2 is 1.74 bits per heavy atom. The van der Waals surface area contributed by atoms with Gasteiger partial charge in [-0.15, -0.1) is 12.4 Å². The molecule has 1 aromatic rings. The van der Waals surface area contributed by atoms with Crippen LogP contribution in [0.25, 0.3) is 0 Å². The van der Waals surface area contributed by atoms with Crippen molar-refractivity contribution in [2.75, 3.05) is 27.9 Å². The molecule has 0 amide bonds. The zero-order chi connectivity index (χ0) is 16.9. The van der Waals surface area contributed by atoms with Crippen LogP contribution in [0, 0.1) is 0 Å². The number of ether oxygens (including phenoxy) is 4. The van der Waals surface area contributed by atoms with Crippen molar-refractivity contribution in [1.82, 2.24) is 0 Å². The molecule has 6 nitrogen and oxygen atoms in total. The molecule has 1 atom stereocenters. The van der Waals surface area contributed by atoms with Gasteiger partial charge in [0.05, 0.1) is 27.9 Å². The van der Waals surface area contributed by atoms with Gasteiger partial charge >= 0.3 is 11.9 Å². The van der Waals surface area contributed by atoms with Crippen LogP contribution in [0.4, 0.5) is 8.78 Å². The second-order valence-electron chi connectivity index (χ2n) is 4.24. The minimum Gasteiger partial charge on any atom is -0.493 e. The second kappa shape index (κ2) is 8.73. The number of alkyl halides is 2. The summed E-state index contributed by atoms with van der Waals surface area (Å²) in [5.74, 6) is -5.24. The van der Waals surface area contributed by atoms with E-state index in [1.807, 2.05) is 0 Å². The summed E-state index contributed by atoms with van der Waals surface area (Å²) in [5, 5.41) is 0. The summed E-state index contributed by atoms with van der Waals surface area (Å²) in [4.78, 5) is 11.4. The number of hydrogen-bond donors (Lipinski definition) is 1. The van der Waals surface area contributed by atoms with Crippen LogP contribution in [0.1, 0.15) is 18.5 Å². The Balaban J connectivity index is 0.00000484. The molecule has 0 bridgehead atoms. The van der Waals surface area contributed by atoms with Crippen LogP contribution in [-0.4, -0.2) is 39.8 Å². The summed E-state index contributed by atoms with van der Waals surface area (Å²) in [7, 11) is 4.00. The van der Waals surface area contributed by atoms with E-state index < -0.39 is 17.9 Å². The minimum absolute atomic E-state index is 0. The van der Waals surface area contributed by atoms with Crippen LogP contribution in [0.2, 0.25) is 0 Å². The zero-order valence-electron chi connectivity index (χ0n) is 13.2. The fourth-order valence-electron chi connectivity index (χ4n) is 1.92. The smallest absolute Gasteiger partial charge is 0.379 e. The summed E-state index contributed by atoms with van der Waals surface area (Å²) in [6.45, 7) is 1.25. The monoisotopic (exact) mass is 355 g/mol. The van der Waals surface area contributed by atoms with E-state index in [1.165, 1.54) is 40.4 Å². The van der Waals surface area contributed by atoms with Gasteiger partial charge in [-0.1, -0.05) is 0 Å². The molecule has 0 saturated heterocycles. The summed E-state index contributed by atoms with van der Waals surface area (Å²) >= 11 is 0. The Morgan fingerprint density at radius 1 is 1.17 bits per heavy atom. The maximum absolute atomic E-state index is 14.1. The highest BCUT2D eigenvalue weighted by atomic mass is 35.5. The first-order valence-corrected chi connectivity index (χ1v) is 6.44. The van der Waals surface area contributed by atoms with Gasteiger partial charge in [0.1, 0.15) is 6.04 Å². The van der Waals surface area contributed by atoms with Crippen LogP contribution >= 0.6 is 12.4 Å². The molecule has 1 aromatic carbocycles. The zero-order valence-corrected chi connectivity index (χ0v) is 14.0. The molecule has 132 valence electrons. The van der Waals surface area contributed by atoms with E-state index in [2.05, 4.69) is 4.74 Å². The molecule has 23 heavy (non-hydrogen) atoms. The Labute approximate surface area is 139 Å². The molecule has 9 heteroatoms. The van der Waals surface area contributed by atoms with Gasteiger partial charge < -0.3 is 24.7 Å². The lowest BCUT2D eigenvalue weighted by atomic mass is 9.99. The number of carbonyl (C=O) groups excluding carboxylic acids is 1. The van der Waals surface area contributed by atoms with E-state index in [0.29, 0.717) is 0 Å². The van der Waals surface area contributed by atoms with Crippen molar-refractivity contribution in [3.05, 3.63) is 17.7 Å². The average molecular weight is 356 g/mol. The first-order valence-electron chi connectivity index (χ1n) is 6.44. The topological polar surface area (TPSA) is 80.0 Å². The Bertz CT molecular complexity index is 542. The highest BCUT2D eigenvalue weighted by Gasteiger charge is 2.49. The molecule has 1 rings (SSSR count). The largest absolute Gasteiger partial charge is 0.493 e. The maximum atomic E-state index is 14.1. The lowest BCUT2D eigenvalue weighted by molar-refractivity contribution is -0.174. The molecule has 0 aromatic heterocycles. The molecule has 2 N–H and O–H groups in total. The number of esters is 1. The molecule has 0 spiro atoms. The molecule has 0 unspecified atom stereocenters. The Morgan fingerprint density at radius 3 is 2.17 bits per heavy atom. The number of rotatable bonds is 7. The van der Waals surface area contributed by atoms with Crippen molar-refractivity contribution < 1.29 is 32.5 Å². The fourth-order valence-corrected chi connectivity index (χ4v) is 1.92. The SMILES string of the molecule is CCOC(=O)C(F)(F)[C@H](N)c1ccc(OC)c(OC)c1OC.Cl. The molecule has 0 saturated carbocycles. The highest BCUT2D eigenvalue weighted by molar-refractivity contribution is 5.85.